The normalized spacial score (nSPS) is 10.9. The molecule has 0 aliphatic heterocycles. The van der Waals surface area contributed by atoms with Crippen LogP contribution in [-0.4, -0.2) is 26.3 Å². The molecule has 3 heterocycles. The van der Waals surface area contributed by atoms with Crippen LogP contribution in [0.1, 0.15) is 10.4 Å². The standard InChI is InChI=1S/C24H17N5O5/c30-21(13-29-23(32)15-7-2-4-9-18(15)26-24(29)33)27-28-22(31)16-12-19(20-10-5-11-34-20)25-17-8-3-1-6-14(16)17/h1-12H,13H2,(H,26,33)(H,27,30)(H,28,31). The summed E-state index contributed by atoms with van der Waals surface area (Å²) in [7, 11) is 0. The predicted molar refractivity (Wildman–Crippen MR) is 124 cm³/mol. The summed E-state index contributed by atoms with van der Waals surface area (Å²) < 4.78 is 6.16. The van der Waals surface area contributed by atoms with Gasteiger partial charge in [-0.2, -0.15) is 0 Å². The van der Waals surface area contributed by atoms with Crippen LogP contribution in [0.3, 0.4) is 0 Å². The Hall–Kier alpha value is -4.99. The van der Waals surface area contributed by atoms with Gasteiger partial charge in [0.1, 0.15) is 12.2 Å². The summed E-state index contributed by atoms with van der Waals surface area (Å²) in [5.41, 5.74) is 4.92. The molecule has 0 fully saturated rings. The molecule has 0 aliphatic carbocycles. The van der Waals surface area contributed by atoms with Gasteiger partial charge >= 0.3 is 5.69 Å². The Bertz CT molecular complexity index is 1670. The summed E-state index contributed by atoms with van der Waals surface area (Å²) in [4.78, 5) is 57.3. The highest BCUT2D eigenvalue weighted by atomic mass is 16.3. The lowest BCUT2D eigenvalue weighted by Gasteiger charge is -2.11. The first-order chi connectivity index (χ1) is 16.5. The molecule has 0 atom stereocenters. The predicted octanol–water partition coefficient (Wildman–Crippen LogP) is 1.96. The molecule has 0 saturated carbocycles. The third-order valence-corrected chi connectivity index (χ3v) is 5.24. The minimum Gasteiger partial charge on any atom is -0.463 e. The van der Waals surface area contributed by atoms with Crippen molar-refractivity contribution in [3.8, 4) is 11.5 Å². The smallest absolute Gasteiger partial charge is 0.329 e. The fraction of sp³-hybridized carbons (Fsp3) is 0.0417. The van der Waals surface area contributed by atoms with E-state index >= 15 is 0 Å². The maximum absolute atomic E-state index is 12.9. The Balaban J connectivity index is 1.38. The molecule has 34 heavy (non-hydrogen) atoms. The fourth-order valence-corrected chi connectivity index (χ4v) is 3.63. The Morgan fingerprint density at radius 1 is 0.941 bits per heavy atom. The Morgan fingerprint density at radius 3 is 2.50 bits per heavy atom. The first-order valence-electron chi connectivity index (χ1n) is 10.3. The number of hydrogen-bond donors (Lipinski definition) is 3. The van der Waals surface area contributed by atoms with Crippen molar-refractivity contribution in [1.29, 1.82) is 0 Å². The molecule has 0 saturated heterocycles. The monoisotopic (exact) mass is 455 g/mol. The van der Waals surface area contributed by atoms with Crippen LogP contribution in [0.4, 0.5) is 0 Å². The van der Waals surface area contributed by atoms with Crippen LogP contribution >= 0.6 is 0 Å². The number of hydrazine groups is 1. The lowest BCUT2D eigenvalue weighted by molar-refractivity contribution is -0.122. The van der Waals surface area contributed by atoms with E-state index in [4.69, 9.17) is 4.42 Å². The van der Waals surface area contributed by atoms with Gasteiger partial charge in [-0.1, -0.05) is 30.3 Å². The number of amides is 2. The summed E-state index contributed by atoms with van der Waals surface area (Å²) in [5.74, 6) is -0.862. The molecule has 10 heteroatoms. The Kier molecular flexibility index (Phi) is 5.23. The van der Waals surface area contributed by atoms with Crippen LogP contribution in [0.5, 0.6) is 0 Å². The van der Waals surface area contributed by atoms with Gasteiger partial charge in [0.25, 0.3) is 17.4 Å². The van der Waals surface area contributed by atoms with E-state index in [0.29, 0.717) is 27.9 Å². The molecular formula is C24H17N5O5. The molecule has 0 bridgehead atoms. The first-order valence-corrected chi connectivity index (χ1v) is 10.3. The number of rotatable bonds is 4. The second-order valence-electron chi connectivity index (χ2n) is 7.42. The highest BCUT2D eigenvalue weighted by Gasteiger charge is 2.17. The Morgan fingerprint density at radius 2 is 1.71 bits per heavy atom. The van der Waals surface area contributed by atoms with Gasteiger partial charge in [0.2, 0.25) is 0 Å². The van der Waals surface area contributed by atoms with Crippen molar-refractivity contribution in [2.45, 2.75) is 6.54 Å². The molecule has 0 aliphatic rings. The van der Waals surface area contributed by atoms with E-state index in [1.54, 1.807) is 66.7 Å². The molecule has 2 amide bonds. The molecule has 10 nitrogen and oxygen atoms in total. The summed E-state index contributed by atoms with van der Waals surface area (Å²) in [6, 6.07) is 18.5. The number of hydrogen-bond acceptors (Lipinski definition) is 6. The van der Waals surface area contributed by atoms with E-state index < -0.39 is 29.6 Å². The van der Waals surface area contributed by atoms with Crippen LogP contribution in [0.2, 0.25) is 0 Å². The largest absolute Gasteiger partial charge is 0.463 e. The number of fused-ring (bicyclic) bond motifs is 2. The molecule has 0 radical (unpaired) electrons. The summed E-state index contributed by atoms with van der Waals surface area (Å²) in [6.45, 7) is -0.575. The van der Waals surface area contributed by atoms with E-state index in [-0.39, 0.29) is 10.9 Å². The molecule has 5 rings (SSSR count). The summed E-state index contributed by atoms with van der Waals surface area (Å²) in [5, 5.41) is 0.847. The van der Waals surface area contributed by atoms with Gasteiger partial charge in [0.05, 0.1) is 28.2 Å². The second kappa shape index (κ2) is 8.51. The molecule has 0 unspecified atom stereocenters. The average molecular weight is 455 g/mol. The van der Waals surface area contributed by atoms with Gasteiger partial charge in [0.15, 0.2) is 5.76 Å². The maximum atomic E-state index is 12.9. The van der Waals surface area contributed by atoms with Crippen LogP contribution in [0.25, 0.3) is 33.3 Å². The first kappa shape index (κ1) is 20.9. The van der Waals surface area contributed by atoms with Gasteiger partial charge in [0, 0.05) is 5.39 Å². The van der Waals surface area contributed by atoms with Crippen molar-refractivity contribution in [2.75, 3.05) is 0 Å². The van der Waals surface area contributed by atoms with Crippen LogP contribution in [0, 0.1) is 0 Å². The topological polar surface area (TPSA) is 139 Å². The Labute approximate surface area is 190 Å². The van der Waals surface area contributed by atoms with E-state index in [2.05, 4.69) is 20.8 Å². The molecule has 3 N–H and O–H groups in total. The molecule has 0 spiro atoms. The summed E-state index contributed by atoms with van der Waals surface area (Å²) >= 11 is 0. The number of nitrogens with one attached hydrogen (secondary N) is 3. The molecular weight excluding hydrogens is 438 g/mol. The van der Waals surface area contributed by atoms with E-state index in [1.165, 1.54) is 6.26 Å². The highest BCUT2D eigenvalue weighted by molar-refractivity contribution is 6.07. The van der Waals surface area contributed by atoms with Crippen LogP contribution in [0.15, 0.2) is 87.0 Å². The summed E-state index contributed by atoms with van der Waals surface area (Å²) in [6.07, 6.45) is 1.50. The number of furan rings is 1. The minimum absolute atomic E-state index is 0.262. The van der Waals surface area contributed by atoms with Crippen molar-refractivity contribution in [3.63, 3.8) is 0 Å². The van der Waals surface area contributed by atoms with Crippen molar-refractivity contribution >= 4 is 33.6 Å². The third-order valence-electron chi connectivity index (χ3n) is 5.24. The van der Waals surface area contributed by atoms with Gasteiger partial charge in [-0.15, -0.1) is 0 Å². The van der Waals surface area contributed by atoms with Crippen molar-refractivity contribution in [2.24, 2.45) is 0 Å². The fourth-order valence-electron chi connectivity index (χ4n) is 3.63. The van der Waals surface area contributed by atoms with Gasteiger partial charge < -0.3 is 9.40 Å². The van der Waals surface area contributed by atoms with Crippen molar-refractivity contribution in [3.05, 3.63) is 99.4 Å². The average Bonchev–Trinajstić information content (AvgIpc) is 3.39. The van der Waals surface area contributed by atoms with Crippen LogP contribution < -0.4 is 22.1 Å². The van der Waals surface area contributed by atoms with E-state index in [0.717, 1.165) is 4.57 Å². The molecule has 2 aromatic carbocycles. The van der Waals surface area contributed by atoms with Crippen LogP contribution in [-0.2, 0) is 11.3 Å². The lowest BCUT2D eigenvalue weighted by Crippen LogP contribution is -2.46. The van der Waals surface area contributed by atoms with E-state index in [1.807, 2.05) is 0 Å². The number of carbonyl (C=O) groups excluding carboxylic acids is 2. The zero-order chi connectivity index (χ0) is 23.7. The number of para-hydroxylation sites is 2. The number of aromatic amines is 1. The van der Waals surface area contributed by atoms with Crippen molar-refractivity contribution < 1.29 is 14.0 Å². The zero-order valence-electron chi connectivity index (χ0n) is 17.6. The number of nitrogens with zero attached hydrogens (tertiary/aromatic N) is 2. The third kappa shape index (κ3) is 3.84. The van der Waals surface area contributed by atoms with Gasteiger partial charge in [-0.25, -0.2) is 9.78 Å². The molecule has 168 valence electrons. The lowest BCUT2D eigenvalue weighted by atomic mass is 10.1. The van der Waals surface area contributed by atoms with E-state index in [9.17, 15) is 19.2 Å². The second-order valence-corrected chi connectivity index (χ2v) is 7.42. The molecule has 3 aromatic heterocycles. The minimum atomic E-state index is -0.749. The SMILES string of the molecule is O=C(Cn1c(=O)[nH]c2ccccc2c1=O)NNC(=O)c1cc(-c2ccco2)nc2ccccc12. The van der Waals surface area contributed by atoms with Gasteiger partial charge in [-0.3, -0.25) is 29.8 Å². The number of carbonyl (C=O) groups is 2. The number of benzene rings is 2. The zero-order valence-corrected chi connectivity index (χ0v) is 17.6. The molecule has 5 aromatic rings. The van der Waals surface area contributed by atoms with Crippen molar-refractivity contribution in [1.82, 2.24) is 25.4 Å². The quantitative estimate of drug-likeness (QED) is 0.354. The number of aromatic nitrogens is 3. The van der Waals surface area contributed by atoms with Gasteiger partial charge in [-0.05, 0) is 36.4 Å². The number of pyridine rings is 1. The maximum Gasteiger partial charge on any atom is 0.329 e. The number of H-pyrrole nitrogens is 1. The highest BCUT2D eigenvalue weighted by Crippen LogP contribution is 2.25.